The van der Waals surface area contributed by atoms with Gasteiger partial charge in [-0.15, -0.1) is 11.3 Å². The molecule has 0 saturated heterocycles. The molecule has 1 nitrogen and oxygen atoms in total. The van der Waals surface area contributed by atoms with E-state index in [1.54, 1.807) is 0 Å². The maximum absolute atomic E-state index is 6.52. The molecule has 2 aromatic heterocycles. The number of para-hydroxylation sites is 1. The first kappa shape index (κ1) is 15.3. The molecule has 128 valence electrons. The van der Waals surface area contributed by atoms with Crippen LogP contribution in [0, 0.1) is 0 Å². The molecular weight excluding hydrogens is 372 g/mol. The normalized spacial score (nSPS) is 11.9. The van der Waals surface area contributed by atoms with Crippen LogP contribution in [0.15, 0.2) is 83.3 Å². The van der Waals surface area contributed by atoms with Gasteiger partial charge in [-0.25, -0.2) is 0 Å². The summed E-state index contributed by atoms with van der Waals surface area (Å²) in [6, 6.07) is 27.2. The van der Waals surface area contributed by atoms with E-state index in [1.807, 2.05) is 41.7 Å². The molecule has 0 amide bonds. The Balaban J connectivity index is 1.78. The molecule has 0 atom stereocenters. The third-order valence-electron chi connectivity index (χ3n) is 5.14. The Kier molecular flexibility index (Phi) is 3.16. The van der Waals surface area contributed by atoms with Gasteiger partial charge in [0.15, 0.2) is 0 Å². The van der Waals surface area contributed by atoms with Gasteiger partial charge in [-0.05, 0) is 24.3 Å². The highest BCUT2D eigenvalue weighted by Gasteiger charge is 2.17. The fourth-order valence-electron chi connectivity index (χ4n) is 3.95. The van der Waals surface area contributed by atoms with Crippen molar-refractivity contribution in [1.82, 2.24) is 0 Å². The van der Waals surface area contributed by atoms with Crippen LogP contribution in [0.5, 0.6) is 0 Å². The van der Waals surface area contributed by atoms with Crippen molar-refractivity contribution < 1.29 is 4.42 Å². The van der Waals surface area contributed by atoms with E-state index in [2.05, 4.69) is 48.5 Å². The Morgan fingerprint density at radius 1 is 0.667 bits per heavy atom. The number of halogens is 1. The third kappa shape index (κ3) is 2.18. The highest BCUT2D eigenvalue weighted by atomic mass is 35.5. The molecule has 4 aromatic carbocycles. The first-order chi connectivity index (χ1) is 13.3. The largest absolute Gasteiger partial charge is 0.455 e. The van der Waals surface area contributed by atoms with Gasteiger partial charge in [0.1, 0.15) is 11.2 Å². The van der Waals surface area contributed by atoms with Gasteiger partial charge in [0.25, 0.3) is 0 Å². The third-order valence-corrected chi connectivity index (χ3v) is 6.58. The van der Waals surface area contributed by atoms with Crippen molar-refractivity contribution in [2.75, 3.05) is 0 Å². The predicted molar refractivity (Wildman–Crippen MR) is 117 cm³/mol. The second-order valence-corrected chi connectivity index (χ2v) is 8.20. The lowest BCUT2D eigenvalue weighted by Gasteiger charge is -2.06. The summed E-state index contributed by atoms with van der Waals surface area (Å²) in [5.41, 5.74) is 4.00. The summed E-state index contributed by atoms with van der Waals surface area (Å²) >= 11 is 8.34. The molecule has 0 unspecified atom stereocenters. The zero-order chi connectivity index (χ0) is 18.0. The highest BCUT2D eigenvalue weighted by molar-refractivity contribution is 7.26. The summed E-state index contributed by atoms with van der Waals surface area (Å²) in [5.74, 6) is 0. The highest BCUT2D eigenvalue weighted by Crippen LogP contribution is 2.44. The number of furan rings is 1. The first-order valence-corrected chi connectivity index (χ1v) is 10.0. The maximum atomic E-state index is 6.52. The lowest BCUT2D eigenvalue weighted by atomic mass is 10.0. The molecule has 6 aromatic rings. The van der Waals surface area contributed by atoms with Crippen LogP contribution in [-0.2, 0) is 0 Å². The molecule has 0 radical (unpaired) electrons. The van der Waals surface area contributed by atoms with Gasteiger partial charge < -0.3 is 4.42 Å². The Bertz CT molecular complexity index is 1490. The minimum absolute atomic E-state index is 0.724. The van der Waals surface area contributed by atoms with Crippen molar-refractivity contribution in [3.05, 3.63) is 83.9 Å². The van der Waals surface area contributed by atoms with Crippen molar-refractivity contribution in [2.45, 2.75) is 0 Å². The Labute approximate surface area is 164 Å². The Morgan fingerprint density at radius 3 is 2.37 bits per heavy atom. The second kappa shape index (κ2) is 5.59. The molecule has 0 aliphatic rings. The molecule has 0 aliphatic carbocycles. The van der Waals surface area contributed by atoms with E-state index in [4.69, 9.17) is 16.0 Å². The Morgan fingerprint density at radius 2 is 1.44 bits per heavy atom. The van der Waals surface area contributed by atoms with E-state index in [9.17, 15) is 0 Å². The fourth-order valence-corrected chi connectivity index (χ4v) is 5.40. The van der Waals surface area contributed by atoms with E-state index in [-0.39, 0.29) is 0 Å². The number of hydrogen-bond donors (Lipinski definition) is 0. The van der Waals surface area contributed by atoms with Crippen LogP contribution in [0.2, 0.25) is 5.02 Å². The molecule has 0 N–H and O–H groups in total. The van der Waals surface area contributed by atoms with Gasteiger partial charge in [0, 0.05) is 47.1 Å². The van der Waals surface area contributed by atoms with E-state index in [0.29, 0.717) is 0 Å². The average molecular weight is 385 g/mol. The minimum atomic E-state index is 0.724. The molecule has 3 heteroatoms. The van der Waals surface area contributed by atoms with Crippen molar-refractivity contribution >= 4 is 65.0 Å². The van der Waals surface area contributed by atoms with Crippen LogP contribution in [-0.4, -0.2) is 0 Å². The van der Waals surface area contributed by atoms with Crippen LogP contribution in [0.3, 0.4) is 0 Å². The molecule has 2 heterocycles. The van der Waals surface area contributed by atoms with Crippen molar-refractivity contribution in [1.29, 1.82) is 0 Å². The minimum Gasteiger partial charge on any atom is -0.455 e. The van der Waals surface area contributed by atoms with Gasteiger partial charge in [-0.1, -0.05) is 66.2 Å². The number of hydrogen-bond acceptors (Lipinski definition) is 2. The Hall–Kier alpha value is -2.81. The van der Waals surface area contributed by atoms with Gasteiger partial charge in [0.2, 0.25) is 0 Å². The smallest absolute Gasteiger partial charge is 0.143 e. The van der Waals surface area contributed by atoms with Gasteiger partial charge >= 0.3 is 0 Å². The number of fused-ring (bicyclic) bond motifs is 6. The summed E-state index contributed by atoms with van der Waals surface area (Å²) in [4.78, 5) is 0. The number of rotatable bonds is 1. The van der Waals surface area contributed by atoms with Crippen molar-refractivity contribution in [3.8, 4) is 11.1 Å². The average Bonchev–Trinajstić information content (AvgIpc) is 3.26. The van der Waals surface area contributed by atoms with E-state index in [0.717, 1.165) is 32.5 Å². The van der Waals surface area contributed by atoms with Crippen LogP contribution in [0.1, 0.15) is 0 Å². The van der Waals surface area contributed by atoms with E-state index >= 15 is 0 Å². The summed E-state index contributed by atoms with van der Waals surface area (Å²) < 4.78 is 8.82. The quantitative estimate of drug-likeness (QED) is 0.278. The molecular formula is C24H13ClOS. The predicted octanol–water partition coefficient (Wildman–Crippen LogP) is 8.27. The van der Waals surface area contributed by atoms with Crippen LogP contribution < -0.4 is 0 Å². The molecule has 6 rings (SSSR count). The van der Waals surface area contributed by atoms with Gasteiger partial charge in [-0.2, -0.15) is 0 Å². The summed E-state index contributed by atoms with van der Waals surface area (Å²) in [7, 11) is 0. The lowest BCUT2D eigenvalue weighted by Crippen LogP contribution is -1.80. The van der Waals surface area contributed by atoms with E-state index < -0.39 is 0 Å². The van der Waals surface area contributed by atoms with Crippen LogP contribution in [0.25, 0.3) is 53.2 Å². The summed E-state index contributed by atoms with van der Waals surface area (Å²) in [5, 5.41) is 5.45. The number of benzene rings is 4. The second-order valence-electron chi connectivity index (χ2n) is 6.71. The van der Waals surface area contributed by atoms with E-state index in [1.165, 1.54) is 25.7 Å². The SMILES string of the molecule is Clc1cc(-c2cccc3c2sc2ccccc23)c2oc3ccccc3c2c1. The maximum Gasteiger partial charge on any atom is 0.143 e. The molecule has 0 aliphatic heterocycles. The molecule has 27 heavy (non-hydrogen) atoms. The molecule has 0 fully saturated rings. The summed E-state index contributed by atoms with van der Waals surface area (Å²) in [6.45, 7) is 0. The zero-order valence-corrected chi connectivity index (χ0v) is 15.8. The fraction of sp³-hybridized carbons (Fsp3) is 0. The van der Waals surface area contributed by atoms with Gasteiger partial charge in [-0.3, -0.25) is 0 Å². The molecule has 0 saturated carbocycles. The number of thiophene rings is 1. The monoisotopic (exact) mass is 384 g/mol. The summed E-state index contributed by atoms with van der Waals surface area (Å²) in [6.07, 6.45) is 0. The van der Waals surface area contributed by atoms with Crippen molar-refractivity contribution in [2.24, 2.45) is 0 Å². The standard InChI is InChI=1S/C24H13ClOS/c25-14-12-19-15-6-1-3-10-21(15)26-23(19)20(13-14)18-9-5-8-17-16-7-2-4-11-22(16)27-24(17)18/h1-13H. The topological polar surface area (TPSA) is 13.1 Å². The first-order valence-electron chi connectivity index (χ1n) is 8.81. The zero-order valence-electron chi connectivity index (χ0n) is 14.2. The van der Waals surface area contributed by atoms with Gasteiger partial charge in [0.05, 0.1) is 0 Å². The van der Waals surface area contributed by atoms with Crippen molar-refractivity contribution in [3.63, 3.8) is 0 Å². The van der Waals surface area contributed by atoms with Crippen LogP contribution in [0.4, 0.5) is 0 Å². The molecule has 0 spiro atoms. The van der Waals surface area contributed by atoms with Crippen LogP contribution >= 0.6 is 22.9 Å². The lowest BCUT2D eigenvalue weighted by molar-refractivity contribution is 0.670. The molecule has 0 bridgehead atoms.